The lowest BCUT2D eigenvalue weighted by molar-refractivity contribution is 0.103. The summed E-state index contributed by atoms with van der Waals surface area (Å²) >= 11 is 5.63. The van der Waals surface area contributed by atoms with Gasteiger partial charge in [0.25, 0.3) is 0 Å². The zero-order valence-electron chi connectivity index (χ0n) is 9.81. The minimum Gasteiger partial charge on any atom is -0.313 e. The molecule has 2 nitrogen and oxygen atoms in total. The van der Waals surface area contributed by atoms with Gasteiger partial charge in [-0.3, -0.25) is 4.79 Å². The van der Waals surface area contributed by atoms with E-state index in [1.807, 2.05) is 59.1 Å². The summed E-state index contributed by atoms with van der Waals surface area (Å²) in [6.45, 7) is 0. The van der Waals surface area contributed by atoms with Crippen molar-refractivity contribution >= 4 is 49.8 Å². The molecule has 0 saturated carbocycles. The topological polar surface area (TPSA) is 21.5 Å². The second kappa shape index (κ2) is 5.09. The molecule has 0 radical (unpaired) electrons. The predicted octanol–water partition coefficient (Wildman–Crippen LogP) is 4.54. The zero-order chi connectivity index (χ0) is 13.4. The molecule has 1 aromatic carbocycles. The van der Waals surface area contributed by atoms with Crippen LogP contribution in [0.1, 0.15) is 16.1 Å². The van der Waals surface area contributed by atoms with Gasteiger partial charge in [0.1, 0.15) is 0 Å². The third-order valence-electron chi connectivity index (χ3n) is 2.97. The molecule has 0 spiro atoms. The van der Waals surface area contributed by atoms with Crippen molar-refractivity contribution in [1.82, 2.24) is 4.40 Å². The lowest BCUT2D eigenvalue weighted by Gasteiger charge is -2.02. The summed E-state index contributed by atoms with van der Waals surface area (Å²) in [4.78, 5) is 12.5. The third-order valence-corrected chi connectivity index (χ3v) is 4.36. The van der Waals surface area contributed by atoms with Crippen LogP contribution >= 0.6 is 38.5 Å². The maximum Gasteiger partial charge on any atom is 0.209 e. The van der Waals surface area contributed by atoms with E-state index in [-0.39, 0.29) is 5.78 Å². The fourth-order valence-electron chi connectivity index (χ4n) is 2.04. The average Bonchev–Trinajstić information content (AvgIpc) is 2.77. The Kier molecular flexibility index (Phi) is 3.45. The molecule has 0 bridgehead atoms. The van der Waals surface area contributed by atoms with E-state index in [0.717, 1.165) is 13.6 Å². The third kappa shape index (κ3) is 2.34. The largest absolute Gasteiger partial charge is 0.313 e. The molecule has 0 atom stereocenters. The summed E-state index contributed by atoms with van der Waals surface area (Å²) < 4.78 is 3.99. The second-order valence-corrected chi connectivity index (χ2v) is 6.25. The minimum absolute atomic E-state index is 0.0385. The molecule has 4 heteroatoms. The van der Waals surface area contributed by atoms with Gasteiger partial charge >= 0.3 is 0 Å². The summed E-state index contributed by atoms with van der Waals surface area (Å²) in [5.41, 5.74) is 2.45. The van der Waals surface area contributed by atoms with Gasteiger partial charge in [0.15, 0.2) is 0 Å². The highest BCUT2D eigenvalue weighted by atomic mass is 127. The Bertz CT molecular complexity index is 761. The van der Waals surface area contributed by atoms with E-state index in [9.17, 15) is 4.79 Å². The fourth-order valence-corrected chi connectivity index (χ4v) is 3.03. The SMILES string of the molecule is O=C(c1ccc(Br)cc1)c1cc(I)c2ccccn12. The van der Waals surface area contributed by atoms with Crippen molar-refractivity contribution in [3.8, 4) is 0 Å². The van der Waals surface area contributed by atoms with E-state index in [0.29, 0.717) is 11.3 Å². The second-order valence-electron chi connectivity index (χ2n) is 4.17. The molecule has 0 amide bonds. The number of rotatable bonds is 2. The summed E-state index contributed by atoms with van der Waals surface area (Å²) in [5.74, 6) is 0.0385. The van der Waals surface area contributed by atoms with E-state index in [2.05, 4.69) is 38.5 Å². The first-order chi connectivity index (χ1) is 9.16. The first-order valence-corrected chi connectivity index (χ1v) is 7.60. The first-order valence-electron chi connectivity index (χ1n) is 5.72. The lowest BCUT2D eigenvalue weighted by atomic mass is 10.1. The van der Waals surface area contributed by atoms with Crippen LogP contribution in [-0.2, 0) is 0 Å². The number of nitrogens with zero attached hydrogens (tertiary/aromatic N) is 1. The Morgan fingerprint density at radius 2 is 1.84 bits per heavy atom. The lowest BCUT2D eigenvalue weighted by Crippen LogP contribution is -2.04. The van der Waals surface area contributed by atoms with Crippen molar-refractivity contribution in [3.05, 3.63) is 74.0 Å². The molecule has 0 saturated heterocycles. The van der Waals surface area contributed by atoms with Gasteiger partial charge in [0.2, 0.25) is 5.78 Å². The number of fused-ring (bicyclic) bond motifs is 1. The molecule has 0 aliphatic carbocycles. The molecule has 0 N–H and O–H groups in total. The maximum atomic E-state index is 12.5. The Morgan fingerprint density at radius 1 is 1.11 bits per heavy atom. The molecule has 19 heavy (non-hydrogen) atoms. The molecule has 2 heterocycles. The van der Waals surface area contributed by atoms with Crippen LogP contribution in [0.5, 0.6) is 0 Å². The van der Waals surface area contributed by atoms with Gasteiger partial charge in [-0.15, -0.1) is 0 Å². The monoisotopic (exact) mass is 425 g/mol. The molecule has 0 unspecified atom stereocenters. The number of aromatic nitrogens is 1. The highest BCUT2D eigenvalue weighted by molar-refractivity contribution is 14.1. The molecule has 0 fully saturated rings. The number of carbonyl (C=O) groups is 1. The smallest absolute Gasteiger partial charge is 0.209 e. The normalized spacial score (nSPS) is 10.8. The van der Waals surface area contributed by atoms with Gasteiger partial charge in [-0.25, -0.2) is 0 Å². The van der Waals surface area contributed by atoms with E-state index >= 15 is 0 Å². The fraction of sp³-hybridized carbons (Fsp3) is 0. The molecular weight excluding hydrogens is 417 g/mol. The van der Waals surface area contributed by atoms with Crippen molar-refractivity contribution in [2.75, 3.05) is 0 Å². The van der Waals surface area contributed by atoms with Crippen molar-refractivity contribution < 1.29 is 4.79 Å². The van der Waals surface area contributed by atoms with E-state index in [4.69, 9.17) is 0 Å². The van der Waals surface area contributed by atoms with Crippen LogP contribution in [0.15, 0.2) is 59.2 Å². The van der Waals surface area contributed by atoms with Crippen LogP contribution in [0.4, 0.5) is 0 Å². The highest BCUT2D eigenvalue weighted by Gasteiger charge is 2.15. The number of pyridine rings is 1. The van der Waals surface area contributed by atoms with Crippen LogP contribution in [0.2, 0.25) is 0 Å². The molecule has 3 rings (SSSR count). The average molecular weight is 426 g/mol. The van der Waals surface area contributed by atoms with Crippen molar-refractivity contribution in [3.63, 3.8) is 0 Å². The standard InChI is InChI=1S/C15H9BrINO/c16-11-6-4-10(5-7-11)15(19)14-9-12(17)13-3-1-2-8-18(13)14/h1-9H. The highest BCUT2D eigenvalue weighted by Crippen LogP contribution is 2.21. The number of halogens is 2. The van der Waals surface area contributed by atoms with Crippen LogP contribution < -0.4 is 0 Å². The Balaban J connectivity index is 2.14. The van der Waals surface area contributed by atoms with Crippen molar-refractivity contribution in [1.29, 1.82) is 0 Å². The summed E-state index contributed by atoms with van der Waals surface area (Å²) in [5, 5.41) is 0. The van der Waals surface area contributed by atoms with Gasteiger partial charge in [-0.2, -0.15) is 0 Å². The number of benzene rings is 1. The van der Waals surface area contributed by atoms with Crippen LogP contribution in [0.25, 0.3) is 5.52 Å². The predicted molar refractivity (Wildman–Crippen MR) is 87.7 cm³/mol. The molecular formula is C15H9BrINO. The molecule has 94 valence electrons. The summed E-state index contributed by atoms with van der Waals surface area (Å²) in [7, 11) is 0. The van der Waals surface area contributed by atoms with Gasteiger partial charge in [-0.1, -0.05) is 22.0 Å². The van der Waals surface area contributed by atoms with Crippen LogP contribution in [0.3, 0.4) is 0 Å². The minimum atomic E-state index is 0.0385. The number of hydrogen-bond donors (Lipinski definition) is 0. The Hall–Kier alpha value is -1.14. The summed E-state index contributed by atoms with van der Waals surface area (Å²) in [6.07, 6.45) is 1.92. The quantitative estimate of drug-likeness (QED) is 0.436. The van der Waals surface area contributed by atoms with Crippen LogP contribution in [-0.4, -0.2) is 10.2 Å². The van der Waals surface area contributed by atoms with E-state index in [1.165, 1.54) is 0 Å². The molecule has 3 aromatic rings. The number of hydrogen-bond acceptors (Lipinski definition) is 1. The summed E-state index contributed by atoms with van der Waals surface area (Å²) in [6, 6.07) is 15.3. The maximum absolute atomic E-state index is 12.5. The molecule has 0 aliphatic heterocycles. The van der Waals surface area contributed by atoms with Crippen LogP contribution in [0, 0.1) is 3.57 Å². The van der Waals surface area contributed by atoms with E-state index in [1.54, 1.807) is 0 Å². The molecule has 0 aliphatic rings. The van der Waals surface area contributed by atoms with Gasteiger partial charge in [0.05, 0.1) is 11.2 Å². The van der Waals surface area contributed by atoms with Gasteiger partial charge < -0.3 is 4.40 Å². The zero-order valence-corrected chi connectivity index (χ0v) is 13.6. The van der Waals surface area contributed by atoms with Crippen molar-refractivity contribution in [2.45, 2.75) is 0 Å². The Labute approximate surface area is 132 Å². The van der Waals surface area contributed by atoms with E-state index < -0.39 is 0 Å². The van der Waals surface area contributed by atoms with Gasteiger partial charge in [0, 0.05) is 19.8 Å². The number of ketones is 1. The van der Waals surface area contributed by atoms with Crippen molar-refractivity contribution in [2.24, 2.45) is 0 Å². The first kappa shape index (κ1) is 12.9. The Morgan fingerprint density at radius 3 is 2.58 bits per heavy atom. The van der Waals surface area contributed by atoms with Gasteiger partial charge in [-0.05, 0) is 65.1 Å². The number of carbonyl (C=O) groups excluding carboxylic acids is 1. The molecule has 2 aromatic heterocycles.